The normalized spacial score (nSPS) is 17.3. The topological polar surface area (TPSA) is 66.8 Å². The third-order valence-corrected chi connectivity index (χ3v) is 4.38. The van der Waals surface area contributed by atoms with Crippen molar-refractivity contribution in [3.8, 4) is 0 Å². The van der Waals surface area contributed by atoms with Crippen molar-refractivity contribution in [2.45, 2.75) is 18.9 Å². The molecule has 25 heavy (non-hydrogen) atoms. The molecule has 5 heteroatoms. The van der Waals surface area contributed by atoms with Crippen LogP contribution in [0.1, 0.15) is 32.7 Å². The van der Waals surface area contributed by atoms with Crippen molar-refractivity contribution >= 4 is 11.9 Å². The highest BCUT2D eigenvalue weighted by Gasteiger charge is 2.25. The van der Waals surface area contributed by atoms with Gasteiger partial charge in [-0.3, -0.25) is 4.79 Å². The molecule has 0 spiro atoms. The minimum atomic E-state index is -1.03. The molecular formula is C20H21NO4. The number of aryl methyl sites for hydroxylation is 1. The second-order valence-electron chi connectivity index (χ2n) is 6.15. The maximum absolute atomic E-state index is 12.7. The summed E-state index contributed by atoms with van der Waals surface area (Å²) >= 11 is 0. The minimum Gasteiger partial charge on any atom is -0.478 e. The van der Waals surface area contributed by atoms with Gasteiger partial charge in [0.05, 0.1) is 18.3 Å². The number of rotatable bonds is 5. The van der Waals surface area contributed by atoms with Gasteiger partial charge < -0.3 is 14.7 Å². The highest BCUT2D eigenvalue weighted by molar-refractivity contribution is 5.97. The van der Waals surface area contributed by atoms with Gasteiger partial charge in [-0.2, -0.15) is 0 Å². The van der Waals surface area contributed by atoms with Crippen LogP contribution in [0, 0.1) is 0 Å². The molecule has 1 amide bonds. The van der Waals surface area contributed by atoms with Gasteiger partial charge in [-0.25, -0.2) is 4.79 Å². The zero-order valence-electron chi connectivity index (χ0n) is 13.9. The molecule has 1 fully saturated rings. The summed E-state index contributed by atoms with van der Waals surface area (Å²) in [7, 11) is 0. The van der Waals surface area contributed by atoms with Crippen LogP contribution in [0.15, 0.2) is 54.6 Å². The lowest BCUT2D eigenvalue weighted by Crippen LogP contribution is -2.45. The molecule has 2 aromatic rings. The zero-order valence-corrected chi connectivity index (χ0v) is 13.9. The minimum absolute atomic E-state index is 0.000521. The average molecular weight is 339 g/mol. The lowest BCUT2D eigenvalue weighted by Gasteiger charge is -2.33. The summed E-state index contributed by atoms with van der Waals surface area (Å²) in [4.78, 5) is 25.5. The number of benzene rings is 2. The van der Waals surface area contributed by atoms with Gasteiger partial charge in [0.1, 0.15) is 0 Å². The van der Waals surface area contributed by atoms with Crippen molar-refractivity contribution in [2.75, 3.05) is 19.7 Å². The zero-order chi connectivity index (χ0) is 17.6. The van der Waals surface area contributed by atoms with Gasteiger partial charge in [-0.05, 0) is 36.6 Å². The standard InChI is InChI=1S/C20H21NO4/c22-19(16-7-4-8-17(13-16)20(23)24)21-11-12-25-18(14-21)10-9-15-5-2-1-3-6-15/h1-8,13,18H,9-12,14H2,(H,23,24). The molecule has 0 aromatic heterocycles. The molecule has 1 heterocycles. The van der Waals surface area contributed by atoms with Crippen LogP contribution in [0.4, 0.5) is 0 Å². The summed E-state index contributed by atoms with van der Waals surface area (Å²) in [6.07, 6.45) is 1.76. The molecule has 1 saturated heterocycles. The smallest absolute Gasteiger partial charge is 0.335 e. The first-order chi connectivity index (χ1) is 12.1. The van der Waals surface area contributed by atoms with Gasteiger partial charge in [0.15, 0.2) is 0 Å². The molecule has 1 aliphatic heterocycles. The summed E-state index contributed by atoms with van der Waals surface area (Å²) < 4.78 is 5.79. The largest absolute Gasteiger partial charge is 0.478 e. The molecule has 5 nitrogen and oxygen atoms in total. The van der Waals surface area contributed by atoms with E-state index in [1.165, 1.54) is 17.7 Å². The van der Waals surface area contributed by atoms with Crippen molar-refractivity contribution in [1.82, 2.24) is 4.90 Å². The van der Waals surface area contributed by atoms with Crippen LogP contribution < -0.4 is 0 Å². The van der Waals surface area contributed by atoms with E-state index in [1.54, 1.807) is 17.0 Å². The molecule has 1 unspecified atom stereocenters. The number of morpholine rings is 1. The number of aromatic carboxylic acids is 1. The highest BCUT2D eigenvalue weighted by Crippen LogP contribution is 2.16. The summed E-state index contributed by atoms with van der Waals surface area (Å²) in [5.74, 6) is -1.17. The fourth-order valence-electron chi connectivity index (χ4n) is 3.02. The van der Waals surface area contributed by atoms with Crippen LogP contribution in [0.2, 0.25) is 0 Å². The van der Waals surface area contributed by atoms with Gasteiger partial charge in [0.25, 0.3) is 5.91 Å². The molecule has 1 atom stereocenters. The van der Waals surface area contributed by atoms with Crippen LogP contribution >= 0.6 is 0 Å². The Balaban J connectivity index is 1.61. The molecule has 130 valence electrons. The number of hydrogen-bond acceptors (Lipinski definition) is 3. The number of amides is 1. The molecule has 0 saturated carbocycles. The van der Waals surface area contributed by atoms with E-state index in [2.05, 4.69) is 12.1 Å². The van der Waals surface area contributed by atoms with Crippen LogP contribution in [-0.2, 0) is 11.2 Å². The lowest BCUT2D eigenvalue weighted by atomic mass is 10.0. The first-order valence-electron chi connectivity index (χ1n) is 8.41. The average Bonchev–Trinajstić information content (AvgIpc) is 2.67. The van der Waals surface area contributed by atoms with Crippen LogP contribution in [0.25, 0.3) is 0 Å². The van der Waals surface area contributed by atoms with E-state index < -0.39 is 5.97 Å². The second-order valence-corrected chi connectivity index (χ2v) is 6.15. The van der Waals surface area contributed by atoms with Crippen molar-refractivity contribution < 1.29 is 19.4 Å². The Morgan fingerprint density at radius 3 is 2.60 bits per heavy atom. The van der Waals surface area contributed by atoms with Crippen molar-refractivity contribution in [3.63, 3.8) is 0 Å². The number of carbonyl (C=O) groups is 2. The van der Waals surface area contributed by atoms with Crippen molar-refractivity contribution in [2.24, 2.45) is 0 Å². The van der Waals surface area contributed by atoms with E-state index in [1.807, 2.05) is 18.2 Å². The van der Waals surface area contributed by atoms with E-state index in [4.69, 9.17) is 9.84 Å². The maximum atomic E-state index is 12.7. The van der Waals surface area contributed by atoms with E-state index in [0.717, 1.165) is 12.8 Å². The molecule has 0 bridgehead atoms. The van der Waals surface area contributed by atoms with E-state index >= 15 is 0 Å². The summed E-state index contributed by atoms with van der Waals surface area (Å²) in [6.45, 7) is 1.56. The summed E-state index contributed by atoms with van der Waals surface area (Å²) in [5.41, 5.74) is 1.78. The Morgan fingerprint density at radius 2 is 1.84 bits per heavy atom. The molecule has 0 aliphatic carbocycles. The quantitative estimate of drug-likeness (QED) is 0.910. The Morgan fingerprint density at radius 1 is 1.08 bits per heavy atom. The predicted octanol–water partition coefficient (Wildman–Crippen LogP) is 2.86. The Kier molecular flexibility index (Phi) is 5.46. The first kappa shape index (κ1) is 17.2. The monoisotopic (exact) mass is 339 g/mol. The number of carboxylic acids is 1. The third-order valence-electron chi connectivity index (χ3n) is 4.38. The van der Waals surface area contributed by atoms with Crippen molar-refractivity contribution in [3.05, 3.63) is 71.3 Å². The molecule has 2 aromatic carbocycles. The number of hydrogen-bond donors (Lipinski definition) is 1. The molecule has 3 rings (SSSR count). The fraction of sp³-hybridized carbons (Fsp3) is 0.300. The third kappa shape index (κ3) is 4.45. The molecule has 0 radical (unpaired) electrons. The SMILES string of the molecule is O=C(O)c1cccc(C(=O)N2CCOC(CCc3ccccc3)C2)c1. The second kappa shape index (κ2) is 7.94. The predicted molar refractivity (Wildman–Crippen MR) is 93.8 cm³/mol. The van der Waals surface area contributed by atoms with E-state index in [0.29, 0.717) is 25.3 Å². The molecule has 1 N–H and O–H groups in total. The fourth-order valence-corrected chi connectivity index (χ4v) is 3.02. The molecular weight excluding hydrogens is 318 g/mol. The Labute approximate surface area is 146 Å². The van der Waals surface area contributed by atoms with Gasteiger partial charge in [0.2, 0.25) is 0 Å². The van der Waals surface area contributed by atoms with E-state index in [9.17, 15) is 9.59 Å². The highest BCUT2D eigenvalue weighted by atomic mass is 16.5. The Bertz CT molecular complexity index is 744. The van der Waals surface area contributed by atoms with Crippen LogP contribution in [0.3, 0.4) is 0 Å². The molecule has 1 aliphatic rings. The van der Waals surface area contributed by atoms with Gasteiger partial charge in [-0.1, -0.05) is 36.4 Å². The van der Waals surface area contributed by atoms with Crippen LogP contribution in [-0.4, -0.2) is 47.7 Å². The number of carbonyl (C=O) groups excluding carboxylic acids is 1. The first-order valence-corrected chi connectivity index (χ1v) is 8.41. The van der Waals surface area contributed by atoms with Gasteiger partial charge in [0, 0.05) is 18.7 Å². The van der Waals surface area contributed by atoms with Gasteiger partial charge in [-0.15, -0.1) is 0 Å². The number of ether oxygens (including phenoxy) is 1. The van der Waals surface area contributed by atoms with Crippen LogP contribution in [0.5, 0.6) is 0 Å². The number of carboxylic acid groups (broad SMARTS) is 1. The summed E-state index contributed by atoms with van der Waals surface area (Å²) in [6, 6.07) is 16.4. The summed E-state index contributed by atoms with van der Waals surface area (Å²) in [5, 5.41) is 9.08. The van der Waals surface area contributed by atoms with Gasteiger partial charge >= 0.3 is 5.97 Å². The van der Waals surface area contributed by atoms with Crippen molar-refractivity contribution in [1.29, 1.82) is 0 Å². The maximum Gasteiger partial charge on any atom is 0.335 e. The van der Waals surface area contributed by atoms with E-state index in [-0.39, 0.29) is 17.6 Å². The lowest BCUT2D eigenvalue weighted by molar-refractivity contribution is -0.0246. The number of nitrogens with zero attached hydrogens (tertiary/aromatic N) is 1. The Hall–Kier alpha value is -2.66.